The number of rotatable bonds is 12. The van der Waals surface area contributed by atoms with Crippen molar-refractivity contribution in [2.24, 2.45) is 22.2 Å². The van der Waals surface area contributed by atoms with E-state index in [1.165, 1.54) is 11.8 Å². The van der Waals surface area contributed by atoms with Crippen molar-refractivity contribution in [2.75, 3.05) is 13.1 Å². The summed E-state index contributed by atoms with van der Waals surface area (Å²) in [6.07, 6.45) is 3.35. The number of aliphatic imine (C=N–C) groups is 1. The minimum atomic E-state index is -1.09. The largest absolute Gasteiger partial charge is 0.480 e. The minimum absolute atomic E-state index is 0.0893. The third-order valence-electron chi connectivity index (χ3n) is 6.53. The van der Waals surface area contributed by atoms with Crippen LogP contribution in [0.3, 0.4) is 0 Å². The fraction of sp³-hybridized carbons (Fsp3) is 0.480. The maximum absolute atomic E-state index is 13.6. The van der Waals surface area contributed by atoms with Gasteiger partial charge in [-0.1, -0.05) is 18.2 Å². The molecule has 3 rings (SSSR count). The highest BCUT2D eigenvalue weighted by molar-refractivity contribution is 5.95. The van der Waals surface area contributed by atoms with Crippen molar-refractivity contribution in [3.8, 4) is 0 Å². The van der Waals surface area contributed by atoms with Crippen LogP contribution in [0.25, 0.3) is 10.9 Å². The molecule has 206 valence electrons. The maximum atomic E-state index is 13.6. The quantitative estimate of drug-likeness (QED) is 0.104. The number of nitrogens with zero attached hydrogens (tertiary/aromatic N) is 2. The smallest absolute Gasteiger partial charge is 0.326 e. The number of benzene rings is 1. The van der Waals surface area contributed by atoms with Crippen LogP contribution >= 0.6 is 0 Å². The van der Waals surface area contributed by atoms with Crippen LogP contribution in [0.4, 0.5) is 0 Å². The summed E-state index contributed by atoms with van der Waals surface area (Å²) in [6.45, 7) is 2.01. The first-order valence-corrected chi connectivity index (χ1v) is 12.6. The van der Waals surface area contributed by atoms with E-state index < -0.39 is 47.9 Å². The molecule has 4 atom stereocenters. The van der Waals surface area contributed by atoms with Gasteiger partial charge in [-0.2, -0.15) is 0 Å². The van der Waals surface area contributed by atoms with Crippen LogP contribution < -0.4 is 27.8 Å². The summed E-state index contributed by atoms with van der Waals surface area (Å²) in [5.41, 5.74) is 18.1. The molecule has 0 spiro atoms. The van der Waals surface area contributed by atoms with Gasteiger partial charge in [-0.25, -0.2) is 4.79 Å². The SMILES string of the molecule is CC(N)C(=O)NC(CCCN=C(N)N)C(=O)NC(Cc1c[nH]c2ccccc12)C(=O)N1CCCC1C(=O)O. The molecule has 0 aliphatic carbocycles. The lowest BCUT2D eigenvalue weighted by molar-refractivity contribution is -0.149. The Hall–Kier alpha value is -4.13. The first-order chi connectivity index (χ1) is 18.1. The molecule has 1 saturated heterocycles. The lowest BCUT2D eigenvalue weighted by Gasteiger charge is -2.29. The summed E-state index contributed by atoms with van der Waals surface area (Å²) in [5.74, 6) is -2.79. The number of carbonyl (C=O) groups is 4. The molecule has 1 aliphatic heterocycles. The summed E-state index contributed by atoms with van der Waals surface area (Å²) in [6, 6.07) is 3.66. The molecule has 38 heavy (non-hydrogen) atoms. The van der Waals surface area contributed by atoms with E-state index in [4.69, 9.17) is 17.2 Å². The molecule has 1 aromatic heterocycles. The zero-order chi connectivity index (χ0) is 27.8. The Morgan fingerprint density at radius 3 is 2.55 bits per heavy atom. The number of aromatic nitrogens is 1. The average molecular weight is 529 g/mol. The lowest BCUT2D eigenvalue weighted by atomic mass is 10.0. The Bertz CT molecular complexity index is 1190. The molecule has 1 aliphatic rings. The standard InChI is InChI=1S/C25H36N8O5/c1-14(26)21(34)31-18(8-4-10-29-25(27)28)22(35)32-19(23(36)33-11-5-9-20(33)24(37)38)12-15-13-30-17-7-3-2-6-16(15)17/h2-3,6-7,13-14,18-20,30H,4-5,8-12,26H2,1H3,(H,31,34)(H,32,35)(H,37,38)(H4,27,28,29). The number of H-pyrrole nitrogens is 1. The maximum Gasteiger partial charge on any atom is 0.326 e. The van der Waals surface area contributed by atoms with Crippen LogP contribution in [0, 0.1) is 0 Å². The number of aromatic amines is 1. The number of carboxylic acids is 1. The first kappa shape index (κ1) is 28.4. The van der Waals surface area contributed by atoms with Gasteiger partial charge in [0.1, 0.15) is 18.1 Å². The molecule has 0 bridgehead atoms. The molecular formula is C25H36N8O5. The Kier molecular flexibility index (Phi) is 9.66. The van der Waals surface area contributed by atoms with E-state index in [9.17, 15) is 24.3 Å². The second-order valence-electron chi connectivity index (χ2n) is 9.45. The van der Waals surface area contributed by atoms with Crippen LogP contribution in [-0.2, 0) is 25.6 Å². The Morgan fingerprint density at radius 2 is 1.87 bits per heavy atom. The van der Waals surface area contributed by atoms with Crippen molar-refractivity contribution >= 4 is 40.6 Å². The van der Waals surface area contributed by atoms with Crippen LogP contribution in [0.2, 0.25) is 0 Å². The molecule has 1 aromatic carbocycles. The van der Waals surface area contributed by atoms with E-state index in [0.717, 1.165) is 16.5 Å². The van der Waals surface area contributed by atoms with Gasteiger partial charge in [-0.05, 0) is 44.2 Å². The number of fused-ring (bicyclic) bond motifs is 1. The Morgan fingerprint density at radius 1 is 1.16 bits per heavy atom. The van der Waals surface area contributed by atoms with E-state index in [1.807, 2.05) is 24.3 Å². The number of aliphatic carboxylic acids is 1. The van der Waals surface area contributed by atoms with Gasteiger partial charge in [0.15, 0.2) is 5.96 Å². The topological polar surface area (TPSA) is 222 Å². The van der Waals surface area contributed by atoms with Crippen molar-refractivity contribution in [2.45, 2.75) is 63.2 Å². The lowest BCUT2D eigenvalue weighted by Crippen LogP contribution is -2.57. The number of para-hydroxylation sites is 1. The molecule has 2 aromatic rings. The highest BCUT2D eigenvalue weighted by atomic mass is 16.4. The zero-order valence-electron chi connectivity index (χ0n) is 21.4. The second kappa shape index (κ2) is 12.9. The normalized spacial score (nSPS) is 17.4. The summed E-state index contributed by atoms with van der Waals surface area (Å²) in [7, 11) is 0. The van der Waals surface area contributed by atoms with E-state index in [0.29, 0.717) is 19.3 Å². The summed E-state index contributed by atoms with van der Waals surface area (Å²) >= 11 is 0. The van der Waals surface area contributed by atoms with Crippen molar-refractivity contribution in [1.82, 2.24) is 20.5 Å². The summed E-state index contributed by atoms with van der Waals surface area (Å²) < 4.78 is 0. The van der Waals surface area contributed by atoms with Gasteiger partial charge in [0.2, 0.25) is 17.7 Å². The number of guanidine groups is 1. The zero-order valence-corrected chi connectivity index (χ0v) is 21.4. The van der Waals surface area contributed by atoms with Gasteiger partial charge < -0.3 is 42.8 Å². The molecule has 3 amide bonds. The number of carboxylic acid groups (broad SMARTS) is 1. The summed E-state index contributed by atoms with van der Waals surface area (Å²) in [4.78, 5) is 59.5. The van der Waals surface area contributed by atoms with E-state index in [2.05, 4.69) is 20.6 Å². The highest BCUT2D eigenvalue weighted by Gasteiger charge is 2.38. The molecule has 0 radical (unpaired) electrons. The first-order valence-electron chi connectivity index (χ1n) is 12.6. The number of hydrogen-bond acceptors (Lipinski definition) is 6. The van der Waals surface area contributed by atoms with Gasteiger partial charge >= 0.3 is 5.97 Å². The van der Waals surface area contributed by atoms with Gasteiger partial charge in [-0.15, -0.1) is 0 Å². The minimum Gasteiger partial charge on any atom is -0.480 e. The number of carbonyl (C=O) groups excluding carboxylic acids is 3. The molecule has 1 fully saturated rings. The predicted octanol–water partition coefficient (Wildman–Crippen LogP) is -0.844. The Labute approximate surface area is 220 Å². The number of likely N-dealkylation sites (tertiary alicyclic amines) is 1. The van der Waals surface area contributed by atoms with Crippen molar-refractivity contribution in [3.05, 3.63) is 36.0 Å². The van der Waals surface area contributed by atoms with Crippen LogP contribution in [0.1, 0.15) is 38.2 Å². The second-order valence-corrected chi connectivity index (χ2v) is 9.45. The van der Waals surface area contributed by atoms with Gasteiger partial charge in [-0.3, -0.25) is 19.4 Å². The van der Waals surface area contributed by atoms with E-state index in [1.54, 1.807) is 6.20 Å². The Balaban J connectivity index is 1.86. The van der Waals surface area contributed by atoms with Crippen molar-refractivity contribution in [3.63, 3.8) is 0 Å². The molecule has 0 saturated carbocycles. The molecule has 13 nitrogen and oxygen atoms in total. The summed E-state index contributed by atoms with van der Waals surface area (Å²) in [5, 5.41) is 15.9. The fourth-order valence-electron chi connectivity index (χ4n) is 4.56. The van der Waals surface area contributed by atoms with E-state index >= 15 is 0 Å². The van der Waals surface area contributed by atoms with Gasteiger partial charge in [0, 0.05) is 36.6 Å². The predicted molar refractivity (Wildman–Crippen MR) is 142 cm³/mol. The molecular weight excluding hydrogens is 492 g/mol. The molecule has 2 heterocycles. The van der Waals surface area contributed by atoms with Crippen LogP contribution in [-0.4, -0.2) is 81.9 Å². The molecule has 4 unspecified atom stereocenters. The van der Waals surface area contributed by atoms with Crippen LogP contribution in [0.5, 0.6) is 0 Å². The monoisotopic (exact) mass is 528 g/mol. The van der Waals surface area contributed by atoms with Crippen LogP contribution in [0.15, 0.2) is 35.5 Å². The fourth-order valence-corrected chi connectivity index (χ4v) is 4.56. The van der Waals surface area contributed by atoms with E-state index in [-0.39, 0.29) is 31.9 Å². The number of hydrogen-bond donors (Lipinski definition) is 7. The van der Waals surface area contributed by atoms with Gasteiger partial charge in [0.25, 0.3) is 0 Å². The molecule has 10 N–H and O–H groups in total. The number of amides is 3. The average Bonchev–Trinajstić information content (AvgIpc) is 3.52. The highest BCUT2D eigenvalue weighted by Crippen LogP contribution is 2.23. The third-order valence-corrected chi connectivity index (χ3v) is 6.53. The van der Waals surface area contributed by atoms with Crippen molar-refractivity contribution in [1.29, 1.82) is 0 Å². The molecule has 13 heteroatoms. The number of nitrogens with two attached hydrogens (primary N) is 3. The third kappa shape index (κ3) is 7.22. The number of nitrogens with one attached hydrogen (secondary N) is 3. The van der Waals surface area contributed by atoms with Crippen molar-refractivity contribution < 1.29 is 24.3 Å². The van der Waals surface area contributed by atoms with Gasteiger partial charge in [0.05, 0.1) is 6.04 Å².